The summed E-state index contributed by atoms with van der Waals surface area (Å²) in [4.78, 5) is 22.9. The van der Waals surface area contributed by atoms with Crippen LogP contribution in [-0.4, -0.2) is 57.7 Å². The standard InChI is InChI=1S/C23H33FN6O/c1-15(31)29-11-13-30(14-12-29)22(26)17-9-10-18-21(19(17)24)28-23(27-18)20(25)16-7-5-3-2-4-6-8-16/h9-10,16,20,26H,2-8,11-14,25H2,1H3,(H,27,28). The highest BCUT2D eigenvalue weighted by molar-refractivity contribution is 5.99. The van der Waals surface area contributed by atoms with E-state index < -0.39 is 5.82 Å². The van der Waals surface area contributed by atoms with Gasteiger partial charge < -0.3 is 20.5 Å². The lowest BCUT2D eigenvalue weighted by Crippen LogP contribution is -2.50. The van der Waals surface area contributed by atoms with Gasteiger partial charge in [0.15, 0.2) is 5.82 Å². The molecular formula is C23H33FN6O. The number of hydrogen-bond donors (Lipinski definition) is 3. The van der Waals surface area contributed by atoms with Crippen LogP contribution in [0.5, 0.6) is 0 Å². The van der Waals surface area contributed by atoms with Crippen LogP contribution in [0.4, 0.5) is 4.39 Å². The number of fused-ring (bicyclic) bond motifs is 1. The number of aromatic amines is 1. The first-order valence-corrected chi connectivity index (χ1v) is 11.5. The molecule has 168 valence electrons. The molecule has 1 aliphatic heterocycles. The second kappa shape index (κ2) is 9.34. The van der Waals surface area contributed by atoms with Gasteiger partial charge in [-0.1, -0.05) is 32.1 Å². The first-order valence-electron chi connectivity index (χ1n) is 11.5. The van der Waals surface area contributed by atoms with E-state index in [-0.39, 0.29) is 28.9 Å². The maximum atomic E-state index is 15.4. The first-order chi connectivity index (χ1) is 15.0. The van der Waals surface area contributed by atoms with Gasteiger partial charge in [-0.15, -0.1) is 0 Å². The highest BCUT2D eigenvalue weighted by atomic mass is 19.1. The number of nitrogens with one attached hydrogen (secondary N) is 2. The summed E-state index contributed by atoms with van der Waals surface area (Å²) in [6, 6.07) is 3.20. The van der Waals surface area contributed by atoms with Crippen LogP contribution < -0.4 is 5.73 Å². The third-order valence-corrected chi connectivity index (χ3v) is 6.88. The monoisotopic (exact) mass is 428 g/mol. The number of aromatic nitrogens is 2. The van der Waals surface area contributed by atoms with Crippen molar-refractivity contribution in [2.75, 3.05) is 26.2 Å². The summed E-state index contributed by atoms with van der Waals surface area (Å²) in [6.07, 6.45) is 8.35. The van der Waals surface area contributed by atoms with Gasteiger partial charge in [0.2, 0.25) is 5.91 Å². The van der Waals surface area contributed by atoms with Crippen molar-refractivity contribution in [3.8, 4) is 0 Å². The summed E-state index contributed by atoms with van der Waals surface area (Å²) in [5.74, 6) is 0.682. The SMILES string of the molecule is CC(=O)N1CCN(C(=N)c2ccc3[nH]c(C(N)C4CCCCCCC4)nc3c2F)CC1. The van der Waals surface area contributed by atoms with Gasteiger partial charge in [0, 0.05) is 33.1 Å². The molecule has 1 saturated carbocycles. The van der Waals surface area contributed by atoms with Crippen LogP contribution in [0.25, 0.3) is 11.0 Å². The first kappa shape index (κ1) is 21.7. The highest BCUT2D eigenvalue weighted by Crippen LogP contribution is 2.32. The smallest absolute Gasteiger partial charge is 0.219 e. The Labute approximate surface area is 182 Å². The lowest BCUT2D eigenvalue weighted by molar-refractivity contribution is -0.130. The number of imidazole rings is 1. The van der Waals surface area contributed by atoms with Crippen molar-refractivity contribution < 1.29 is 9.18 Å². The predicted molar refractivity (Wildman–Crippen MR) is 119 cm³/mol. The molecule has 1 unspecified atom stereocenters. The van der Waals surface area contributed by atoms with Crippen LogP contribution in [0.3, 0.4) is 0 Å². The summed E-state index contributed by atoms with van der Waals surface area (Å²) in [6.45, 7) is 3.68. The number of carbonyl (C=O) groups is 1. The number of amides is 1. The van der Waals surface area contributed by atoms with Crippen LogP contribution in [0, 0.1) is 17.1 Å². The Morgan fingerprint density at radius 3 is 2.39 bits per heavy atom. The molecular weight excluding hydrogens is 395 g/mol. The van der Waals surface area contributed by atoms with E-state index in [2.05, 4.69) is 9.97 Å². The van der Waals surface area contributed by atoms with Crippen molar-refractivity contribution in [3.63, 3.8) is 0 Å². The van der Waals surface area contributed by atoms with Gasteiger partial charge in [0.05, 0.1) is 17.1 Å². The van der Waals surface area contributed by atoms with Crippen molar-refractivity contribution in [1.82, 2.24) is 19.8 Å². The number of rotatable bonds is 3. The molecule has 2 fully saturated rings. The van der Waals surface area contributed by atoms with Crippen molar-refractivity contribution in [2.45, 2.75) is 57.9 Å². The molecule has 1 atom stereocenters. The van der Waals surface area contributed by atoms with E-state index in [1.165, 1.54) is 32.1 Å². The average Bonchev–Trinajstić information content (AvgIpc) is 3.18. The minimum Gasteiger partial charge on any atom is -0.353 e. The van der Waals surface area contributed by atoms with E-state index in [4.69, 9.17) is 11.1 Å². The van der Waals surface area contributed by atoms with E-state index in [0.29, 0.717) is 43.4 Å². The summed E-state index contributed by atoms with van der Waals surface area (Å²) >= 11 is 0. The van der Waals surface area contributed by atoms with E-state index in [1.54, 1.807) is 24.0 Å². The Morgan fingerprint density at radius 2 is 1.74 bits per heavy atom. The zero-order valence-electron chi connectivity index (χ0n) is 18.3. The fraction of sp³-hybridized carbons (Fsp3) is 0.609. The molecule has 4 N–H and O–H groups in total. The zero-order valence-corrected chi connectivity index (χ0v) is 18.3. The molecule has 8 heteroatoms. The van der Waals surface area contributed by atoms with Crippen LogP contribution in [0.15, 0.2) is 12.1 Å². The summed E-state index contributed by atoms with van der Waals surface area (Å²) in [5.41, 5.74) is 7.66. The van der Waals surface area contributed by atoms with E-state index in [9.17, 15) is 4.79 Å². The van der Waals surface area contributed by atoms with Crippen LogP contribution in [0.1, 0.15) is 69.3 Å². The van der Waals surface area contributed by atoms with Gasteiger partial charge in [-0.25, -0.2) is 9.37 Å². The minimum absolute atomic E-state index is 0.0310. The molecule has 1 aromatic carbocycles. The molecule has 2 aliphatic rings. The lowest BCUT2D eigenvalue weighted by atomic mass is 9.86. The molecule has 0 spiro atoms. The third-order valence-electron chi connectivity index (χ3n) is 6.88. The van der Waals surface area contributed by atoms with Crippen LogP contribution >= 0.6 is 0 Å². The van der Waals surface area contributed by atoms with E-state index >= 15 is 4.39 Å². The number of hydrogen-bond acceptors (Lipinski definition) is 4. The second-order valence-corrected chi connectivity index (χ2v) is 8.92. The molecule has 1 amide bonds. The number of nitrogens with zero attached hydrogens (tertiary/aromatic N) is 3. The van der Waals surface area contributed by atoms with Crippen molar-refractivity contribution in [3.05, 3.63) is 29.3 Å². The Balaban J connectivity index is 1.52. The largest absolute Gasteiger partial charge is 0.353 e. The van der Waals surface area contributed by atoms with Gasteiger partial charge in [0.1, 0.15) is 17.2 Å². The molecule has 1 saturated heterocycles. The van der Waals surface area contributed by atoms with Crippen molar-refractivity contribution in [2.24, 2.45) is 11.7 Å². The van der Waals surface area contributed by atoms with Crippen LogP contribution in [-0.2, 0) is 4.79 Å². The average molecular weight is 429 g/mol. The Bertz CT molecular complexity index is 941. The Kier molecular flexibility index (Phi) is 6.55. The fourth-order valence-corrected chi connectivity index (χ4v) is 4.89. The van der Waals surface area contributed by atoms with Gasteiger partial charge in [-0.2, -0.15) is 0 Å². The molecule has 1 aliphatic carbocycles. The normalized spacial score (nSPS) is 19.8. The number of piperazine rings is 1. The number of amidine groups is 1. The number of halogens is 1. The highest BCUT2D eigenvalue weighted by Gasteiger charge is 2.26. The van der Waals surface area contributed by atoms with Crippen molar-refractivity contribution in [1.29, 1.82) is 5.41 Å². The van der Waals surface area contributed by atoms with E-state index in [1.807, 2.05) is 4.90 Å². The Morgan fingerprint density at radius 1 is 1.13 bits per heavy atom. The summed E-state index contributed by atoms with van der Waals surface area (Å²) in [5, 5.41) is 8.53. The number of nitrogens with two attached hydrogens (primary N) is 1. The molecule has 0 radical (unpaired) electrons. The second-order valence-electron chi connectivity index (χ2n) is 8.92. The van der Waals surface area contributed by atoms with E-state index in [0.717, 1.165) is 12.8 Å². The molecule has 7 nitrogen and oxygen atoms in total. The number of carbonyl (C=O) groups excluding carboxylic acids is 1. The quantitative estimate of drug-likeness (QED) is 0.514. The van der Waals surface area contributed by atoms with Gasteiger partial charge >= 0.3 is 0 Å². The predicted octanol–water partition coefficient (Wildman–Crippen LogP) is 3.55. The van der Waals surface area contributed by atoms with Crippen molar-refractivity contribution >= 4 is 22.8 Å². The molecule has 4 rings (SSSR count). The summed E-state index contributed by atoms with van der Waals surface area (Å²) < 4.78 is 15.4. The summed E-state index contributed by atoms with van der Waals surface area (Å²) in [7, 11) is 0. The topological polar surface area (TPSA) is 102 Å². The van der Waals surface area contributed by atoms with Gasteiger partial charge in [-0.3, -0.25) is 10.2 Å². The molecule has 31 heavy (non-hydrogen) atoms. The lowest BCUT2D eigenvalue weighted by Gasteiger charge is -2.35. The Hall–Kier alpha value is -2.48. The number of benzene rings is 1. The fourth-order valence-electron chi connectivity index (χ4n) is 4.89. The van der Waals surface area contributed by atoms with Gasteiger partial charge in [0.25, 0.3) is 0 Å². The molecule has 1 aromatic heterocycles. The third kappa shape index (κ3) is 4.59. The minimum atomic E-state index is -0.483. The maximum absolute atomic E-state index is 15.4. The molecule has 2 aromatic rings. The van der Waals surface area contributed by atoms with Gasteiger partial charge in [-0.05, 0) is 30.9 Å². The molecule has 2 heterocycles. The maximum Gasteiger partial charge on any atom is 0.219 e. The van der Waals surface area contributed by atoms with Crippen LogP contribution in [0.2, 0.25) is 0 Å². The number of H-pyrrole nitrogens is 1. The zero-order chi connectivity index (χ0) is 22.0. The molecule has 0 bridgehead atoms.